The third-order valence-corrected chi connectivity index (χ3v) is 4.81. The van der Waals surface area contributed by atoms with Gasteiger partial charge >= 0.3 is 0 Å². The van der Waals surface area contributed by atoms with Gasteiger partial charge in [-0.2, -0.15) is 0 Å². The van der Waals surface area contributed by atoms with Crippen molar-refractivity contribution in [2.24, 2.45) is 5.16 Å². The molecule has 3 rings (SSSR count). The van der Waals surface area contributed by atoms with Gasteiger partial charge in [-0.3, -0.25) is 4.79 Å². The van der Waals surface area contributed by atoms with Crippen LogP contribution in [0.15, 0.2) is 34.7 Å². The van der Waals surface area contributed by atoms with E-state index in [4.69, 9.17) is 16.4 Å². The van der Waals surface area contributed by atoms with Gasteiger partial charge in [0.15, 0.2) is 5.76 Å². The first-order chi connectivity index (χ1) is 11.6. The average molecular weight is 345 g/mol. The Morgan fingerprint density at radius 1 is 1.38 bits per heavy atom. The highest BCUT2D eigenvalue weighted by Gasteiger charge is 2.25. The summed E-state index contributed by atoms with van der Waals surface area (Å²) in [6.45, 7) is 5.67. The number of fused-ring (bicyclic) bond motifs is 1. The lowest BCUT2D eigenvalue weighted by Crippen LogP contribution is -2.19. The molecule has 24 heavy (non-hydrogen) atoms. The second kappa shape index (κ2) is 7.22. The van der Waals surface area contributed by atoms with Gasteiger partial charge < -0.3 is 9.82 Å². The van der Waals surface area contributed by atoms with Gasteiger partial charge in [-0.15, -0.1) is 0 Å². The maximum atomic E-state index is 12.7. The zero-order valence-corrected chi connectivity index (χ0v) is 14.5. The molecule has 1 aliphatic carbocycles. The molecule has 0 bridgehead atoms. The van der Waals surface area contributed by atoms with E-state index in [0.717, 1.165) is 29.3 Å². The molecule has 2 aromatic rings. The number of benzene rings is 1. The Kier molecular flexibility index (Phi) is 5.05. The first kappa shape index (κ1) is 16.8. The molecule has 4 nitrogen and oxygen atoms in total. The minimum Gasteiger partial charge on any atom is -0.357 e. The monoisotopic (exact) mass is 344 g/mol. The molecule has 0 radical (unpaired) electrons. The molecule has 0 aliphatic heterocycles. The van der Waals surface area contributed by atoms with Gasteiger partial charge in [-0.25, -0.2) is 0 Å². The van der Waals surface area contributed by atoms with Crippen LogP contribution >= 0.6 is 11.6 Å². The summed E-state index contributed by atoms with van der Waals surface area (Å²) in [6.07, 6.45) is 7.21. The Morgan fingerprint density at radius 3 is 2.83 bits per heavy atom. The van der Waals surface area contributed by atoms with Crippen molar-refractivity contribution in [2.45, 2.75) is 44.9 Å². The van der Waals surface area contributed by atoms with Crippen molar-refractivity contribution in [1.29, 1.82) is 0 Å². The summed E-state index contributed by atoms with van der Waals surface area (Å²) >= 11 is 6.22. The van der Waals surface area contributed by atoms with Crippen LogP contribution < -0.4 is 5.56 Å². The van der Waals surface area contributed by atoms with Gasteiger partial charge in [-0.1, -0.05) is 42.6 Å². The molecule has 1 saturated carbocycles. The standard InChI is InChI=1S/C19H21ClN2O2/c1-3-21-24-12(2)17-18(13-7-5-4-6-8-13)15-11-14(20)9-10-16(15)22-19(17)23/h3,9-11,13H,2,4-8H2,1H3,(H,22,23)/b21-3+. The van der Waals surface area contributed by atoms with Gasteiger partial charge in [0.1, 0.15) is 0 Å². The minimum absolute atomic E-state index is 0.193. The normalized spacial score (nSPS) is 15.9. The smallest absolute Gasteiger partial charge is 0.259 e. The van der Waals surface area contributed by atoms with Crippen LogP contribution in [0, 0.1) is 0 Å². The van der Waals surface area contributed by atoms with Crippen LogP contribution in [0.5, 0.6) is 0 Å². The van der Waals surface area contributed by atoms with E-state index in [1.165, 1.54) is 25.5 Å². The van der Waals surface area contributed by atoms with E-state index in [1.54, 1.807) is 13.0 Å². The Hall–Kier alpha value is -2.07. The third kappa shape index (κ3) is 3.24. The van der Waals surface area contributed by atoms with E-state index in [0.29, 0.717) is 16.5 Å². The van der Waals surface area contributed by atoms with Crippen LogP contribution in [0.25, 0.3) is 16.7 Å². The number of aromatic nitrogens is 1. The molecule has 5 heteroatoms. The molecule has 1 heterocycles. The summed E-state index contributed by atoms with van der Waals surface area (Å²) in [5.41, 5.74) is 2.08. The number of hydrogen-bond donors (Lipinski definition) is 1. The van der Waals surface area contributed by atoms with E-state index in [2.05, 4.69) is 16.7 Å². The Balaban J connectivity index is 2.25. The quantitative estimate of drug-likeness (QED) is 0.469. The van der Waals surface area contributed by atoms with E-state index in [9.17, 15) is 4.79 Å². The number of nitrogens with zero attached hydrogens (tertiary/aromatic N) is 1. The molecular weight excluding hydrogens is 324 g/mol. The zero-order chi connectivity index (χ0) is 17.1. The van der Waals surface area contributed by atoms with Crippen molar-refractivity contribution in [3.8, 4) is 0 Å². The Labute approximate surface area is 146 Å². The summed E-state index contributed by atoms with van der Waals surface area (Å²) in [5, 5.41) is 5.39. The van der Waals surface area contributed by atoms with Crippen LogP contribution in [0.4, 0.5) is 0 Å². The van der Waals surface area contributed by atoms with Crippen molar-refractivity contribution in [2.75, 3.05) is 0 Å². The highest BCUT2D eigenvalue weighted by molar-refractivity contribution is 6.31. The first-order valence-corrected chi connectivity index (χ1v) is 8.69. The van der Waals surface area contributed by atoms with Gasteiger partial charge in [0.05, 0.1) is 5.56 Å². The molecule has 1 aliphatic rings. The molecule has 0 saturated heterocycles. The number of nitrogens with one attached hydrogen (secondary N) is 1. The van der Waals surface area contributed by atoms with Gasteiger partial charge in [-0.05, 0) is 49.4 Å². The molecule has 1 fully saturated rings. The zero-order valence-electron chi connectivity index (χ0n) is 13.8. The number of oxime groups is 1. The van der Waals surface area contributed by atoms with Crippen LogP contribution in [0.3, 0.4) is 0 Å². The van der Waals surface area contributed by atoms with Crippen LogP contribution in [-0.2, 0) is 4.84 Å². The molecule has 0 spiro atoms. The second-order valence-electron chi connectivity index (χ2n) is 6.15. The molecule has 0 amide bonds. The van der Waals surface area contributed by atoms with Crippen molar-refractivity contribution < 1.29 is 4.84 Å². The number of hydrogen-bond acceptors (Lipinski definition) is 3. The lowest BCUT2D eigenvalue weighted by molar-refractivity contribution is 0.299. The highest BCUT2D eigenvalue weighted by atomic mass is 35.5. The number of H-pyrrole nitrogens is 1. The Bertz CT molecular complexity index is 848. The molecule has 1 aromatic carbocycles. The Morgan fingerprint density at radius 2 is 2.12 bits per heavy atom. The lowest BCUT2D eigenvalue weighted by Gasteiger charge is -2.25. The largest absolute Gasteiger partial charge is 0.357 e. The van der Waals surface area contributed by atoms with Crippen molar-refractivity contribution in [3.05, 3.63) is 51.3 Å². The van der Waals surface area contributed by atoms with Crippen LogP contribution in [0.2, 0.25) is 5.02 Å². The maximum absolute atomic E-state index is 12.7. The summed E-state index contributed by atoms with van der Waals surface area (Å²) < 4.78 is 0. The molecule has 0 atom stereocenters. The average Bonchev–Trinajstić information content (AvgIpc) is 2.59. The van der Waals surface area contributed by atoms with Crippen molar-refractivity contribution >= 4 is 34.5 Å². The number of aromatic amines is 1. The van der Waals surface area contributed by atoms with E-state index < -0.39 is 0 Å². The second-order valence-corrected chi connectivity index (χ2v) is 6.58. The van der Waals surface area contributed by atoms with Gasteiger partial charge in [0, 0.05) is 22.1 Å². The fourth-order valence-electron chi connectivity index (χ4n) is 3.54. The van der Waals surface area contributed by atoms with E-state index in [-0.39, 0.29) is 11.3 Å². The van der Waals surface area contributed by atoms with Crippen LogP contribution in [0.1, 0.15) is 56.1 Å². The predicted octanol–water partition coefficient (Wildman–Crippen LogP) is 5.22. The van der Waals surface area contributed by atoms with Gasteiger partial charge in [0.2, 0.25) is 0 Å². The van der Waals surface area contributed by atoms with Crippen molar-refractivity contribution in [3.63, 3.8) is 0 Å². The molecule has 0 unspecified atom stereocenters. The fourth-order valence-corrected chi connectivity index (χ4v) is 3.72. The SMILES string of the molecule is C=C(O/N=C/C)c1c(C2CCCCC2)c2cc(Cl)ccc2[nH]c1=O. The molecular formula is C19H21ClN2O2. The summed E-state index contributed by atoms with van der Waals surface area (Å²) in [7, 11) is 0. The number of halogens is 1. The van der Waals surface area contributed by atoms with Crippen LogP contribution in [-0.4, -0.2) is 11.2 Å². The molecule has 126 valence electrons. The van der Waals surface area contributed by atoms with E-state index >= 15 is 0 Å². The summed E-state index contributed by atoms with van der Waals surface area (Å²) in [6, 6.07) is 5.55. The maximum Gasteiger partial charge on any atom is 0.259 e. The number of pyridine rings is 1. The first-order valence-electron chi connectivity index (χ1n) is 8.31. The molecule has 1 aromatic heterocycles. The molecule has 1 N–H and O–H groups in total. The topological polar surface area (TPSA) is 54.4 Å². The summed E-state index contributed by atoms with van der Waals surface area (Å²) in [5.74, 6) is 0.583. The summed E-state index contributed by atoms with van der Waals surface area (Å²) in [4.78, 5) is 20.9. The van der Waals surface area contributed by atoms with E-state index in [1.807, 2.05) is 12.1 Å². The third-order valence-electron chi connectivity index (χ3n) is 4.58. The van der Waals surface area contributed by atoms with Crippen molar-refractivity contribution in [1.82, 2.24) is 4.98 Å². The minimum atomic E-state index is -0.193. The lowest BCUT2D eigenvalue weighted by atomic mass is 9.80. The predicted molar refractivity (Wildman–Crippen MR) is 99.7 cm³/mol. The van der Waals surface area contributed by atoms with Gasteiger partial charge in [0.25, 0.3) is 5.56 Å². The highest BCUT2D eigenvalue weighted by Crippen LogP contribution is 2.39. The number of rotatable bonds is 4. The fraction of sp³-hybridized carbons (Fsp3) is 0.368.